The number of nitrogens with one attached hydrogen (secondary N) is 1. The van der Waals surface area contributed by atoms with Gasteiger partial charge in [-0.1, -0.05) is 42.1 Å². The van der Waals surface area contributed by atoms with Crippen LogP contribution in [0.25, 0.3) is 0 Å². The van der Waals surface area contributed by atoms with E-state index < -0.39 is 16.4 Å². The van der Waals surface area contributed by atoms with Gasteiger partial charge in [-0.2, -0.15) is 4.98 Å². The summed E-state index contributed by atoms with van der Waals surface area (Å²) in [5.41, 5.74) is -1.04. The molecule has 2 aromatic rings. The first-order valence-electron chi connectivity index (χ1n) is 5.92. The lowest BCUT2D eigenvalue weighted by molar-refractivity contribution is 0.0994. The first-order valence-corrected chi connectivity index (χ1v) is 6.80. The minimum atomic E-state index is -0.857. The van der Waals surface area contributed by atoms with E-state index in [1.165, 1.54) is 4.68 Å². The highest BCUT2D eigenvalue weighted by Crippen LogP contribution is 2.21. The van der Waals surface area contributed by atoms with Gasteiger partial charge in [-0.15, -0.1) is 0 Å². The Balaban J connectivity index is 2.22. The molecule has 0 aliphatic heterocycles. The molecule has 104 valence electrons. The van der Waals surface area contributed by atoms with Crippen LogP contribution in [0.15, 0.2) is 45.1 Å². The summed E-state index contributed by atoms with van der Waals surface area (Å²) in [7, 11) is 1.57. The summed E-state index contributed by atoms with van der Waals surface area (Å²) in [6.07, 6.45) is 0. The highest BCUT2D eigenvalue weighted by molar-refractivity contribution is 8.00. The van der Waals surface area contributed by atoms with Gasteiger partial charge in [-0.3, -0.25) is 24.2 Å². The molecule has 2 rings (SSSR count). The van der Waals surface area contributed by atoms with Crippen LogP contribution in [0.1, 0.15) is 17.3 Å². The molecule has 20 heavy (non-hydrogen) atoms. The quantitative estimate of drug-likeness (QED) is 0.512. The van der Waals surface area contributed by atoms with E-state index >= 15 is 0 Å². The van der Waals surface area contributed by atoms with Gasteiger partial charge in [0.1, 0.15) is 0 Å². The zero-order valence-corrected chi connectivity index (χ0v) is 11.8. The molecule has 1 heterocycles. The first-order chi connectivity index (χ1) is 9.49. The monoisotopic (exact) mass is 291 g/mol. The Morgan fingerprint density at radius 2 is 1.95 bits per heavy atom. The molecule has 1 aromatic heterocycles. The maximum atomic E-state index is 12.2. The number of benzene rings is 1. The molecule has 1 atom stereocenters. The number of thioether (sulfide) groups is 1. The number of rotatable bonds is 4. The van der Waals surface area contributed by atoms with Gasteiger partial charge in [0.2, 0.25) is 0 Å². The van der Waals surface area contributed by atoms with Crippen LogP contribution in [0.5, 0.6) is 0 Å². The maximum absolute atomic E-state index is 12.2. The summed E-state index contributed by atoms with van der Waals surface area (Å²) >= 11 is 1.13. The summed E-state index contributed by atoms with van der Waals surface area (Å²) in [6, 6.07) is 8.89. The third-order valence-corrected chi connectivity index (χ3v) is 3.80. The molecule has 7 heteroatoms. The van der Waals surface area contributed by atoms with Crippen molar-refractivity contribution in [2.75, 3.05) is 0 Å². The number of hydrogen-bond donors (Lipinski definition) is 1. The number of carbonyl (C=O) groups excluding carboxylic acids is 1. The molecule has 0 amide bonds. The van der Waals surface area contributed by atoms with E-state index in [0.29, 0.717) is 10.7 Å². The van der Waals surface area contributed by atoms with Gasteiger partial charge in [-0.05, 0) is 6.92 Å². The molecule has 0 spiro atoms. The molecule has 0 saturated carbocycles. The summed E-state index contributed by atoms with van der Waals surface area (Å²) < 4.78 is 1.34. The normalized spacial score (nSPS) is 12.1. The van der Waals surface area contributed by atoms with E-state index in [1.54, 1.807) is 38.2 Å². The second-order valence-corrected chi connectivity index (χ2v) is 5.50. The molecule has 0 saturated heterocycles. The average molecular weight is 291 g/mol. The van der Waals surface area contributed by atoms with Crippen molar-refractivity contribution in [1.29, 1.82) is 0 Å². The summed E-state index contributed by atoms with van der Waals surface area (Å²) in [5.74, 6) is -0.0592. The molecular formula is C13H13N3O3S. The smallest absolute Gasteiger partial charge is 0.293 e. The minimum absolute atomic E-state index is 0.0592. The zero-order chi connectivity index (χ0) is 14.7. The number of aromatic amines is 1. The molecule has 0 radical (unpaired) electrons. The standard InChI is InChI=1S/C13H13N3O3S/c1-8(10(17)9-6-4-3-5-7-9)20-13-14-11(18)12(19)15-16(13)2/h3-8H,1-2H3,(H,15,19). The third kappa shape index (κ3) is 3.05. The van der Waals surface area contributed by atoms with Crippen molar-refractivity contribution in [3.05, 3.63) is 56.6 Å². The zero-order valence-electron chi connectivity index (χ0n) is 11.0. The van der Waals surface area contributed by atoms with E-state index in [2.05, 4.69) is 10.1 Å². The van der Waals surface area contributed by atoms with E-state index in [9.17, 15) is 14.4 Å². The van der Waals surface area contributed by atoms with Gasteiger partial charge in [0.05, 0.1) is 5.25 Å². The van der Waals surface area contributed by atoms with Crippen molar-refractivity contribution in [2.45, 2.75) is 17.3 Å². The SMILES string of the molecule is CC(Sc1nc(=O)c(=O)[nH]n1C)C(=O)c1ccccc1. The fourth-order valence-corrected chi connectivity index (χ4v) is 2.51. The maximum Gasteiger partial charge on any atom is 0.339 e. The Labute approximate surface area is 118 Å². The Kier molecular flexibility index (Phi) is 4.19. The third-order valence-electron chi connectivity index (χ3n) is 2.66. The van der Waals surface area contributed by atoms with E-state index in [1.807, 2.05) is 6.07 Å². The molecule has 1 unspecified atom stereocenters. The lowest BCUT2D eigenvalue weighted by Gasteiger charge is -2.11. The fraction of sp³-hybridized carbons (Fsp3) is 0.231. The lowest BCUT2D eigenvalue weighted by atomic mass is 10.1. The van der Waals surface area contributed by atoms with Crippen molar-refractivity contribution >= 4 is 17.5 Å². The summed E-state index contributed by atoms with van der Waals surface area (Å²) in [6.45, 7) is 1.73. The minimum Gasteiger partial charge on any atom is -0.293 e. The van der Waals surface area contributed by atoms with E-state index in [4.69, 9.17) is 0 Å². The number of Topliss-reactive ketones (excluding diaryl/α,β-unsaturated/α-hetero) is 1. The average Bonchev–Trinajstić information content (AvgIpc) is 2.44. The van der Waals surface area contributed by atoms with Gasteiger partial charge >= 0.3 is 11.1 Å². The number of ketones is 1. The molecule has 1 N–H and O–H groups in total. The Hall–Kier alpha value is -2.15. The molecule has 0 bridgehead atoms. The Morgan fingerprint density at radius 3 is 2.60 bits per heavy atom. The summed E-state index contributed by atoms with van der Waals surface area (Å²) in [5, 5.41) is 2.23. The number of aromatic nitrogens is 3. The van der Waals surface area contributed by atoms with Crippen LogP contribution in [0.2, 0.25) is 0 Å². The molecule has 0 fully saturated rings. The van der Waals surface area contributed by atoms with Gasteiger partial charge in [0, 0.05) is 12.6 Å². The van der Waals surface area contributed by atoms with Crippen molar-refractivity contribution < 1.29 is 4.79 Å². The van der Waals surface area contributed by atoms with Crippen LogP contribution in [0.4, 0.5) is 0 Å². The molecule has 0 aliphatic carbocycles. The summed E-state index contributed by atoms with van der Waals surface area (Å²) in [4.78, 5) is 38.2. The Morgan fingerprint density at radius 1 is 1.30 bits per heavy atom. The molecule has 0 aliphatic rings. The van der Waals surface area contributed by atoms with Crippen LogP contribution >= 0.6 is 11.8 Å². The van der Waals surface area contributed by atoms with Crippen molar-refractivity contribution in [3.63, 3.8) is 0 Å². The van der Waals surface area contributed by atoms with Gasteiger partial charge < -0.3 is 0 Å². The molecule has 1 aromatic carbocycles. The topological polar surface area (TPSA) is 84.8 Å². The van der Waals surface area contributed by atoms with E-state index in [-0.39, 0.29) is 5.78 Å². The second-order valence-electron chi connectivity index (χ2n) is 4.19. The molecule has 6 nitrogen and oxygen atoms in total. The number of hydrogen-bond acceptors (Lipinski definition) is 5. The lowest BCUT2D eigenvalue weighted by Crippen LogP contribution is -2.34. The predicted octanol–water partition coefficient (Wildman–Crippen LogP) is 0.832. The number of carbonyl (C=O) groups is 1. The highest BCUT2D eigenvalue weighted by Gasteiger charge is 2.18. The van der Waals surface area contributed by atoms with Crippen LogP contribution in [0.3, 0.4) is 0 Å². The first kappa shape index (κ1) is 14.3. The number of H-pyrrole nitrogens is 1. The number of nitrogens with zero attached hydrogens (tertiary/aromatic N) is 2. The van der Waals surface area contributed by atoms with Crippen LogP contribution < -0.4 is 11.1 Å². The van der Waals surface area contributed by atoms with Crippen LogP contribution in [-0.4, -0.2) is 25.8 Å². The van der Waals surface area contributed by atoms with Crippen LogP contribution in [0, 0.1) is 0 Å². The Bertz CT molecular complexity index is 737. The van der Waals surface area contributed by atoms with Gasteiger partial charge in [0.25, 0.3) is 0 Å². The van der Waals surface area contributed by atoms with Crippen molar-refractivity contribution in [1.82, 2.24) is 14.8 Å². The van der Waals surface area contributed by atoms with Crippen molar-refractivity contribution in [3.8, 4) is 0 Å². The predicted molar refractivity (Wildman–Crippen MR) is 76.2 cm³/mol. The number of aryl methyl sites for hydroxylation is 1. The van der Waals surface area contributed by atoms with Crippen LogP contribution in [-0.2, 0) is 7.05 Å². The molecular weight excluding hydrogens is 278 g/mol. The van der Waals surface area contributed by atoms with Crippen molar-refractivity contribution in [2.24, 2.45) is 7.05 Å². The largest absolute Gasteiger partial charge is 0.339 e. The van der Waals surface area contributed by atoms with Gasteiger partial charge in [-0.25, -0.2) is 0 Å². The van der Waals surface area contributed by atoms with E-state index in [0.717, 1.165) is 11.8 Å². The highest BCUT2D eigenvalue weighted by atomic mass is 32.2. The van der Waals surface area contributed by atoms with Gasteiger partial charge in [0.15, 0.2) is 10.9 Å². The second kappa shape index (κ2) is 5.87. The fourth-order valence-electron chi connectivity index (χ4n) is 1.61.